The minimum Gasteiger partial charge on any atom is -0.496 e. The van der Waals surface area contributed by atoms with Crippen LogP contribution in [-0.4, -0.2) is 13.7 Å². The van der Waals surface area contributed by atoms with E-state index in [0.717, 1.165) is 30.8 Å². The van der Waals surface area contributed by atoms with Gasteiger partial charge in [-0.15, -0.1) is 0 Å². The minimum absolute atomic E-state index is 0.00722. The molecule has 1 aliphatic heterocycles. The van der Waals surface area contributed by atoms with E-state index in [0.29, 0.717) is 4.47 Å². The first-order valence-electron chi connectivity index (χ1n) is 5.67. The first-order chi connectivity index (χ1) is 8.22. The lowest BCUT2D eigenvalue weighted by atomic mass is 10.0. The van der Waals surface area contributed by atoms with E-state index in [4.69, 9.17) is 4.74 Å². The number of likely N-dealkylation sites (N-methyl/N-ethyl adjacent to an activating group) is 1. The van der Waals surface area contributed by atoms with E-state index in [9.17, 15) is 4.39 Å². The molecular formula is C13H15BrFNO. The second kappa shape index (κ2) is 5.65. The van der Waals surface area contributed by atoms with Gasteiger partial charge in [0.05, 0.1) is 17.1 Å². The van der Waals surface area contributed by atoms with E-state index >= 15 is 0 Å². The molecule has 0 saturated carbocycles. The van der Waals surface area contributed by atoms with Crippen molar-refractivity contribution in [2.75, 3.05) is 13.7 Å². The molecule has 0 aliphatic carbocycles. The van der Waals surface area contributed by atoms with Crippen LogP contribution >= 0.6 is 15.9 Å². The van der Waals surface area contributed by atoms with Gasteiger partial charge in [-0.25, -0.2) is 4.39 Å². The lowest BCUT2D eigenvalue weighted by Gasteiger charge is -2.24. The maximum absolute atomic E-state index is 13.2. The SMILES string of the molecule is CNC(C1=CCCCO1)c1ccc(F)c(Br)c1. The summed E-state index contributed by atoms with van der Waals surface area (Å²) in [6.45, 7) is 0.756. The molecule has 1 aromatic rings. The highest BCUT2D eigenvalue weighted by atomic mass is 79.9. The Labute approximate surface area is 109 Å². The van der Waals surface area contributed by atoms with Gasteiger partial charge < -0.3 is 10.1 Å². The molecule has 1 aliphatic rings. The zero-order chi connectivity index (χ0) is 12.3. The Hall–Kier alpha value is -0.870. The molecule has 1 unspecified atom stereocenters. The summed E-state index contributed by atoms with van der Waals surface area (Å²) >= 11 is 3.20. The molecular weight excluding hydrogens is 285 g/mol. The number of allylic oxidation sites excluding steroid dienone is 1. The van der Waals surface area contributed by atoms with Crippen molar-refractivity contribution in [1.29, 1.82) is 0 Å². The molecule has 2 nitrogen and oxygen atoms in total. The van der Waals surface area contributed by atoms with E-state index in [2.05, 4.69) is 27.3 Å². The van der Waals surface area contributed by atoms with Crippen LogP contribution in [0.1, 0.15) is 24.4 Å². The average molecular weight is 300 g/mol. The van der Waals surface area contributed by atoms with Crippen LogP contribution in [0.5, 0.6) is 0 Å². The Morgan fingerprint density at radius 3 is 2.88 bits per heavy atom. The van der Waals surface area contributed by atoms with Gasteiger partial charge in [-0.2, -0.15) is 0 Å². The molecule has 0 radical (unpaired) electrons. The lowest BCUT2D eigenvalue weighted by Crippen LogP contribution is -2.22. The number of benzene rings is 1. The van der Waals surface area contributed by atoms with Crippen molar-refractivity contribution in [2.24, 2.45) is 0 Å². The van der Waals surface area contributed by atoms with Crippen LogP contribution in [0.15, 0.2) is 34.5 Å². The molecule has 0 fully saturated rings. The zero-order valence-electron chi connectivity index (χ0n) is 9.67. The van der Waals surface area contributed by atoms with E-state index in [-0.39, 0.29) is 11.9 Å². The number of halogens is 2. The van der Waals surface area contributed by atoms with Gasteiger partial charge in [-0.05, 0) is 59.6 Å². The first-order valence-corrected chi connectivity index (χ1v) is 6.46. The third-order valence-electron chi connectivity index (χ3n) is 2.81. The third kappa shape index (κ3) is 2.87. The zero-order valence-corrected chi connectivity index (χ0v) is 11.3. The van der Waals surface area contributed by atoms with Gasteiger partial charge in [0, 0.05) is 0 Å². The molecule has 4 heteroatoms. The summed E-state index contributed by atoms with van der Waals surface area (Å²) in [5.41, 5.74) is 0.994. The highest BCUT2D eigenvalue weighted by Gasteiger charge is 2.18. The van der Waals surface area contributed by atoms with Gasteiger partial charge in [0.15, 0.2) is 0 Å². The van der Waals surface area contributed by atoms with Gasteiger partial charge in [0.1, 0.15) is 11.6 Å². The Morgan fingerprint density at radius 1 is 1.47 bits per heavy atom. The molecule has 1 aromatic carbocycles. The summed E-state index contributed by atoms with van der Waals surface area (Å²) < 4.78 is 19.3. The van der Waals surface area contributed by atoms with E-state index in [1.165, 1.54) is 6.07 Å². The second-order valence-electron chi connectivity index (χ2n) is 3.99. The van der Waals surface area contributed by atoms with Gasteiger partial charge in [0.2, 0.25) is 0 Å². The molecule has 0 bridgehead atoms. The number of hydrogen-bond donors (Lipinski definition) is 1. The fourth-order valence-corrected chi connectivity index (χ4v) is 2.34. The first kappa shape index (κ1) is 12.6. The van der Waals surface area contributed by atoms with E-state index < -0.39 is 0 Å². The maximum Gasteiger partial charge on any atom is 0.137 e. The highest BCUT2D eigenvalue weighted by Crippen LogP contribution is 2.28. The van der Waals surface area contributed by atoms with Gasteiger partial charge >= 0.3 is 0 Å². The van der Waals surface area contributed by atoms with Crippen molar-refractivity contribution in [1.82, 2.24) is 5.32 Å². The summed E-state index contributed by atoms with van der Waals surface area (Å²) in [5.74, 6) is 0.680. The topological polar surface area (TPSA) is 21.3 Å². The summed E-state index contributed by atoms with van der Waals surface area (Å²) in [6, 6.07) is 5.02. The Bertz CT molecular complexity index is 433. The molecule has 1 atom stereocenters. The van der Waals surface area contributed by atoms with Crippen molar-refractivity contribution in [2.45, 2.75) is 18.9 Å². The smallest absolute Gasteiger partial charge is 0.137 e. The number of nitrogens with one attached hydrogen (secondary N) is 1. The van der Waals surface area contributed by atoms with Crippen molar-refractivity contribution in [3.05, 3.63) is 45.9 Å². The fraction of sp³-hybridized carbons (Fsp3) is 0.385. The summed E-state index contributed by atoms with van der Waals surface area (Å²) in [6.07, 6.45) is 4.20. The Kier molecular flexibility index (Phi) is 4.18. The van der Waals surface area contributed by atoms with Crippen LogP contribution in [-0.2, 0) is 4.74 Å². The third-order valence-corrected chi connectivity index (χ3v) is 3.42. The average Bonchev–Trinajstić information content (AvgIpc) is 2.36. The molecule has 17 heavy (non-hydrogen) atoms. The Balaban J connectivity index is 2.28. The van der Waals surface area contributed by atoms with Crippen molar-refractivity contribution >= 4 is 15.9 Å². The van der Waals surface area contributed by atoms with Gasteiger partial charge in [-0.3, -0.25) is 0 Å². The molecule has 0 spiro atoms. The van der Waals surface area contributed by atoms with Crippen LogP contribution < -0.4 is 5.32 Å². The number of ether oxygens (including phenoxy) is 1. The number of rotatable bonds is 3. The van der Waals surface area contributed by atoms with Crippen molar-refractivity contribution in [3.63, 3.8) is 0 Å². The number of hydrogen-bond acceptors (Lipinski definition) is 2. The fourth-order valence-electron chi connectivity index (χ4n) is 1.94. The van der Waals surface area contributed by atoms with Crippen LogP contribution in [0.3, 0.4) is 0 Å². The second-order valence-corrected chi connectivity index (χ2v) is 4.85. The normalized spacial score (nSPS) is 17.2. The summed E-state index contributed by atoms with van der Waals surface area (Å²) in [5, 5.41) is 3.20. The largest absolute Gasteiger partial charge is 0.496 e. The summed E-state index contributed by atoms with van der Waals surface area (Å²) in [7, 11) is 1.88. The summed E-state index contributed by atoms with van der Waals surface area (Å²) in [4.78, 5) is 0. The van der Waals surface area contributed by atoms with Crippen molar-refractivity contribution < 1.29 is 9.13 Å². The van der Waals surface area contributed by atoms with Gasteiger partial charge in [0.25, 0.3) is 0 Å². The molecule has 1 heterocycles. The van der Waals surface area contributed by atoms with Crippen LogP contribution in [0, 0.1) is 5.82 Å². The van der Waals surface area contributed by atoms with Crippen LogP contribution in [0.4, 0.5) is 4.39 Å². The minimum atomic E-state index is -0.248. The van der Waals surface area contributed by atoms with Crippen molar-refractivity contribution in [3.8, 4) is 0 Å². The standard InChI is InChI=1S/C13H15BrFNO/c1-16-13(12-4-2-3-7-17-12)9-5-6-11(15)10(14)8-9/h4-6,8,13,16H,2-3,7H2,1H3. The molecule has 2 rings (SSSR count). The maximum atomic E-state index is 13.2. The van der Waals surface area contributed by atoms with Crippen LogP contribution in [0.25, 0.3) is 0 Å². The molecule has 1 N–H and O–H groups in total. The molecule has 0 aromatic heterocycles. The van der Waals surface area contributed by atoms with Gasteiger partial charge in [-0.1, -0.05) is 6.07 Å². The lowest BCUT2D eigenvalue weighted by molar-refractivity contribution is 0.169. The quantitative estimate of drug-likeness (QED) is 0.922. The molecule has 0 saturated heterocycles. The predicted molar refractivity (Wildman–Crippen MR) is 69.2 cm³/mol. The molecule has 0 amide bonds. The highest BCUT2D eigenvalue weighted by molar-refractivity contribution is 9.10. The van der Waals surface area contributed by atoms with E-state index in [1.807, 2.05) is 7.05 Å². The monoisotopic (exact) mass is 299 g/mol. The van der Waals surface area contributed by atoms with E-state index in [1.54, 1.807) is 12.1 Å². The predicted octanol–water partition coefficient (Wildman–Crippen LogP) is 3.54. The van der Waals surface area contributed by atoms with Crippen LogP contribution in [0.2, 0.25) is 0 Å². The molecule has 92 valence electrons. The Morgan fingerprint density at radius 2 is 2.29 bits per heavy atom.